The molecule has 6 nitrogen and oxygen atoms in total. The van der Waals surface area contributed by atoms with Crippen LogP contribution in [0, 0.1) is 13.8 Å². The summed E-state index contributed by atoms with van der Waals surface area (Å²) in [6.45, 7) is 6.01. The maximum atomic E-state index is 13.6. The van der Waals surface area contributed by atoms with Gasteiger partial charge in [-0.3, -0.25) is 14.3 Å². The predicted octanol–water partition coefficient (Wildman–Crippen LogP) is 5.13. The van der Waals surface area contributed by atoms with E-state index < -0.39 is 0 Å². The van der Waals surface area contributed by atoms with Crippen LogP contribution in [0.5, 0.6) is 0 Å². The third-order valence-electron chi connectivity index (χ3n) is 5.48. The molecule has 1 aliphatic heterocycles. The van der Waals surface area contributed by atoms with Crippen molar-refractivity contribution in [1.29, 1.82) is 0 Å². The average molecular weight is 467 g/mol. The highest BCUT2D eigenvalue weighted by Crippen LogP contribution is 2.31. The van der Waals surface area contributed by atoms with Gasteiger partial charge >= 0.3 is 0 Å². The zero-order valence-corrected chi connectivity index (χ0v) is 20.3. The summed E-state index contributed by atoms with van der Waals surface area (Å²) in [5, 5.41) is 2.56. The molecule has 0 N–H and O–H groups in total. The fraction of sp³-hybridized carbons (Fsp3) is 0.292. The van der Waals surface area contributed by atoms with Gasteiger partial charge in [-0.25, -0.2) is 14.6 Å². The molecule has 0 aliphatic carbocycles. The number of hydrogen-bond acceptors (Lipinski definition) is 5. The molecule has 0 unspecified atom stereocenters. The van der Waals surface area contributed by atoms with Crippen molar-refractivity contribution in [2.75, 3.05) is 10.7 Å². The lowest BCUT2D eigenvalue weighted by Crippen LogP contribution is -2.35. The van der Waals surface area contributed by atoms with E-state index in [0.29, 0.717) is 22.2 Å². The Hall–Kier alpha value is -2.84. The van der Waals surface area contributed by atoms with Crippen molar-refractivity contribution in [3.63, 3.8) is 0 Å². The monoisotopic (exact) mass is 466 g/mol. The van der Waals surface area contributed by atoms with Gasteiger partial charge in [0.15, 0.2) is 5.17 Å². The molecule has 3 heterocycles. The summed E-state index contributed by atoms with van der Waals surface area (Å²) >= 11 is 3.10. The van der Waals surface area contributed by atoms with Crippen LogP contribution in [-0.4, -0.2) is 26.2 Å². The molecule has 0 saturated heterocycles. The number of para-hydroxylation sites is 1. The van der Waals surface area contributed by atoms with Gasteiger partial charge in [0.1, 0.15) is 11.4 Å². The van der Waals surface area contributed by atoms with E-state index in [1.807, 2.05) is 68.7 Å². The van der Waals surface area contributed by atoms with Gasteiger partial charge in [0.2, 0.25) is 0 Å². The quantitative estimate of drug-likeness (QED) is 0.374. The van der Waals surface area contributed by atoms with Gasteiger partial charge in [-0.05, 0) is 55.5 Å². The summed E-state index contributed by atoms with van der Waals surface area (Å²) in [6.07, 6.45) is 3.89. The Morgan fingerprint density at radius 1 is 1.12 bits per heavy atom. The molecule has 1 aliphatic rings. The number of amidine groups is 1. The van der Waals surface area contributed by atoms with Crippen LogP contribution in [0.15, 0.2) is 57.3 Å². The van der Waals surface area contributed by atoms with Crippen LogP contribution in [0.1, 0.15) is 35.9 Å². The Kier molecular flexibility index (Phi) is 6.53. The summed E-state index contributed by atoms with van der Waals surface area (Å²) in [5.74, 6) is 0.575. The number of carbonyl (C=O) groups is 1. The highest BCUT2D eigenvalue weighted by molar-refractivity contribution is 8.14. The van der Waals surface area contributed by atoms with Crippen molar-refractivity contribution < 1.29 is 4.79 Å². The molecule has 1 amide bonds. The number of amides is 1. The first-order chi connectivity index (χ1) is 15.4. The standard InChI is InChI=1S/C24H26N4O2S2/c1-5-6-13-32-24-25-19(15-20-16(2)12-14-31-20)22(29)27(24)21-17(3)26(4)28(23(21)30)18-10-8-7-9-11-18/h7-12,14-15H,5-6,13H2,1-4H3/b19-15-. The second-order valence-electron chi connectivity index (χ2n) is 7.64. The van der Waals surface area contributed by atoms with Gasteiger partial charge in [-0.15, -0.1) is 11.3 Å². The molecule has 4 rings (SSSR count). The molecule has 2 aromatic heterocycles. The number of aliphatic imine (C=N–C) groups is 1. The molecule has 32 heavy (non-hydrogen) atoms. The summed E-state index contributed by atoms with van der Waals surface area (Å²) in [5.41, 5.74) is 3.06. The molecule has 0 atom stereocenters. The molecular weight excluding hydrogens is 440 g/mol. The van der Waals surface area contributed by atoms with Crippen molar-refractivity contribution in [3.8, 4) is 5.69 Å². The zero-order chi connectivity index (χ0) is 22.8. The van der Waals surface area contributed by atoms with Gasteiger partial charge < -0.3 is 0 Å². The first-order valence-corrected chi connectivity index (χ1v) is 12.5. The maximum absolute atomic E-state index is 13.6. The fourth-order valence-corrected chi connectivity index (χ4v) is 5.50. The number of nitrogens with zero attached hydrogens (tertiary/aromatic N) is 4. The van der Waals surface area contributed by atoms with Gasteiger partial charge in [0, 0.05) is 17.7 Å². The number of aromatic nitrogens is 2. The van der Waals surface area contributed by atoms with Crippen LogP contribution in [0.4, 0.5) is 5.69 Å². The Balaban J connectivity index is 1.82. The molecule has 0 spiro atoms. The van der Waals surface area contributed by atoms with E-state index in [9.17, 15) is 9.59 Å². The van der Waals surface area contributed by atoms with E-state index in [-0.39, 0.29) is 11.5 Å². The summed E-state index contributed by atoms with van der Waals surface area (Å²) in [7, 11) is 1.83. The second kappa shape index (κ2) is 9.34. The van der Waals surface area contributed by atoms with Gasteiger partial charge in [0.05, 0.1) is 11.4 Å². The van der Waals surface area contributed by atoms with E-state index in [1.54, 1.807) is 20.7 Å². The largest absolute Gasteiger partial charge is 0.296 e. The molecule has 3 aromatic rings. The smallest absolute Gasteiger partial charge is 0.283 e. The lowest BCUT2D eigenvalue weighted by Gasteiger charge is -2.16. The normalized spacial score (nSPS) is 15.1. The Morgan fingerprint density at radius 3 is 2.53 bits per heavy atom. The van der Waals surface area contributed by atoms with Crippen molar-refractivity contribution >= 4 is 45.9 Å². The number of benzene rings is 1. The minimum absolute atomic E-state index is 0.234. The molecule has 0 saturated carbocycles. The number of thioether (sulfide) groups is 1. The van der Waals surface area contributed by atoms with Crippen LogP contribution in [-0.2, 0) is 11.8 Å². The van der Waals surface area contributed by atoms with Crippen molar-refractivity contribution in [1.82, 2.24) is 9.36 Å². The molecule has 0 radical (unpaired) electrons. The number of hydrogen-bond donors (Lipinski definition) is 0. The summed E-state index contributed by atoms with van der Waals surface area (Å²) in [6, 6.07) is 11.5. The Labute approximate surface area is 195 Å². The highest BCUT2D eigenvalue weighted by atomic mass is 32.2. The molecule has 8 heteroatoms. The number of rotatable bonds is 6. The zero-order valence-electron chi connectivity index (χ0n) is 18.7. The molecule has 0 bridgehead atoms. The summed E-state index contributed by atoms with van der Waals surface area (Å²) < 4.78 is 3.39. The van der Waals surface area contributed by atoms with Crippen LogP contribution in [0.2, 0.25) is 0 Å². The summed E-state index contributed by atoms with van der Waals surface area (Å²) in [4.78, 5) is 34.3. The SMILES string of the molecule is CCCCSC1=N/C(=C\c2sccc2C)C(=O)N1c1c(C)n(C)n(-c2ccccc2)c1=O. The van der Waals surface area contributed by atoms with Gasteiger partial charge in [-0.2, -0.15) is 0 Å². The predicted molar refractivity (Wildman–Crippen MR) is 135 cm³/mol. The van der Waals surface area contributed by atoms with Crippen molar-refractivity contribution in [2.24, 2.45) is 12.0 Å². The highest BCUT2D eigenvalue weighted by Gasteiger charge is 2.36. The number of unbranched alkanes of at least 4 members (excludes halogenated alkanes) is 1. The lowest BCUT2D eigenvalue weighted by molar-refractivity contribution is -0.113. The fourth-order valence-electron chi connectivity index (χ4n) is 3.57. The Bertz CT molecular complexity index is 1260. The molecular formula is C24H26N4O2S2. The van der Waals surface area contributed by atoms with Crippen LogP contribution >= 0.6 is 23.1 Å². The second-order valence-corrected chi connectivity index (χ2v) is 9.65. The van der Waals surface area contributed by atoms with Crippen molar-refractivity contribution in [2.45, 2.75) is 33.6 Å². The molecule has 166 valence electrons. The number of aryl methyl sites for hydroxylation is 1. The third kappa shape index (κ3) is 4.00. The Morgan fingerprint density at radius 2 is 1.88 bits per heavy atom. The van der Waals surface area contributed by atoms with Crippen molar-refractivity contribution in [3.05, 3.63) is 74.0 Å². The van der Waals surface area contributed by atoms with Crippen LogP contribution in [0.3, 0.4) is 0 Å². The minimum Gasteiger partial charge on any atom is -0.283 e. The van der Waals surface area contributed by atoms with Gasteiger partial charge in [-0.1, -0.05) is 43.3 Å². The molecule has 1 aromatic carbocycles. The van der Waals surface area contributed by atoms with E-state index in [0.717, 1.165) is 34.7 Å². The van der Waals surface area contributed by atoms with Gasteiger partial charge in [0.25, 0.3) is 11.5 Å². The maximum Gasteiger partial charge on any atom is 0.296 e. The number of thiophene rings is 1. The topological polar surface area (TPSA) is 59.6 Å². The molecule has 0 fully saturated rings. The van der Waals surface area contributed by atoms with Crippen LogP contribution < -0.4 is 10.5 Å². The van der Waals surface area contributed by atoms with E-state index in [1.165, 1.54) is 16.7 Å². The first-order valence-electron chi connectivity index (χ1n) is 10.6. The van der Waals surface area contributed by atoms with Crippen LogP contribution in [0.25, 0.3) is 11.8 Å². The van der Waals surface area contributed by atoms with E-state index in [4.69, 9.17) is 0 Å². The van der Waals surface area contributed by atoms with E-state index in [2.05, 4.69) is 11.9 Å². The average Bonchev–Trinajstić information content (AvgIpc) is 3.39. The third-order valence-corrected chi connectivity index (χ3v) is 7.47. The number of anilines is 1. The van der Waals surface area contributed by atoms with E-state index >= 15 is 0 Å². The first kappa shape index (κ1) is 22.4. The number of carbonyl (C=O) groups excluding carboxylic acids is 1. The minimum atomic E-state index is -0.261. The lowest BCUT2D eigenvalue weighted by atomic mass is 10.2.